The van der Waals surface area contributed by atoms with Gasteiger partial charge >= 0.3 is 17.9 Å². The summed E-state index contributed by atoms with van der Waals surface area (Å²) in [5.41, 5.74) is 0. The van der Waals surface area contributed by atoms with E-state index in [-0.39, 0.29) is 31.1 Å². The smallest absolute Gasteiger partial charge is 0.306 e. The molecule has 1 atom stereocenters. The fourth-order valence-electron chi connectivity index (χ4n) is 8.56. The number of rotatable bonds is 56. The number of carbonyl (C=O) groups excluding carboxylic acids is 3. The van der Waals surface area contributed by atoms with Gasteiger partial charge in [-0.3, -0.25) is 14.4 Å². The molecule has 1 unspecified atom stereocenters. The Balaban J connectivity index is 4.13. The lowest BCUT2D eigenvalue weighted by molar-refractivity contribution is -0.167. The van der Waals surface area contributed by atoms with Gasteiger partial charge in [-0.15, -0.1) is 0 Å². The van der Waals surface area contributed by atoms with Crippen molar-refractivity contribution in [2.75, 3.05) is 13.2 Å². The molecule has 76 heavy (non-hydrogen) atoms. The van der Waals surface area contributed by atoms with Gasteiger partial charge in [-0.25, -0.2) is 0 Å². The lowest BCUT2D eigenvalue weighted by atomic mass is 10.0. The van der Waals surface area contributed by atoms with Crippen molar-refractivity contribution in [3.05, 3.63) is 122 Å². The number of allylic oxidation sites excluding steroid dienone is 20. The molecule has 0 N–H and O–H groups in total. The second-order valence-corrected chi connectivity index (χ2v) is 20.6. The second-order valence-electron chi connectivity index (χ2n) is 20.6. The minimum atomic E-state index is -0.791. The maximum Gasteiger partial charge on any atom is 0.306 e. The first kappa shape index (κ1) is 71.8. The summed E-state index contributed by atoms with van der Waals surface area (Å²) >= 11 is 0. The summed E-state index contributed by atoms with van der Waals surface area (Å²) in [6, 6.07) is 0. The van der Waals surface area contributed by atoms with Gasteiger partial charge in [0.25, 0.3) is 0 Å². The summed E-state index contributed by atoms with van der Waals surface area (Å²) in [6.07, 6.45) is 88.1. The largest absolute Gasteiger partial charge is 0.462 e. The molecule has 0 heterocycles. The number of esters is 3. The lowest BCUT2D eigenvalue weighted by Crippen LogP contribution is -2.30. The molecule has 0 saturated heterocycles. The fraction of sp³-hybridized carbons (Fsp3) is 0.671. The Morgan fingerprint density at radius 2 is 0.513 bits per heavy atom. The van der Waals surface area contributed by atoms with Crippen molar-refractivity contribution in [3.8, 4) is 0 Å². The summed E-state index contributed by atoms with van der Waals surface area (Å²) < 4.78 is 16.8. The predicted molar refractivity (Wildman–Crippen MR) is 330 cm³/mol. The van der Waals surface area contributed by atoms with Crippen molar-refractivity contribution in [2.45, 2.75) is 290 Å². The third-order valence-electron chi connectivity index (χ3n) is 13.2. The van der Waals surface area contributed by atoms with E-state index in [0.29, 0.717) is 19.3 Å². The molecule has 0 fully saturated rings. The van der Waals surface area contributed by atoms with E-state index in [1.54, 1.807) is 0 Å². The number of ether oxygens (including phenoxy) is 3. The van der Waals surface area contributed by atoms with Crippen LogP contribution in [0.15, 0.2) is 122 Å². The fourth-order valence-corrected chi connectivity index (χ4v) is 8.56. The van der Waals surface area contributed by atoms with Crippen LogP contribution in [0.5, 0.6) is 0 Å². The van der Waals surface area contributed by atoms with Crippen molar-refractivity contribution in [1.29, 1.82) is 0 Å². The third-order valence-corrected chi connectivity index (χ3v) is 13.2. The number of hydrogen-bond donors (Lipinski definition) is 0. The zero-order valence-electron chi connectivity index (χ0n) is 49.5. The van der Waals surface area contributed by atoms with Crippen molar-refractivity contribution in [1.82, 2.24) is 0 Å². The maximum atomic E-state index is 12.8. The van der Waals surface area contributed by atoms with Gasteiger partial charge in [0, 0.05) is 19.3 Å². The van der Waals surface area contributed by atoms with E-state index in [9.17, 15) is 14.4 Å². The highest BCUT2D eigenvalue weighted by Gasteiger charge is 2.19. The summed E-state index contributed by atoms with van der Waals surface area (Å²) in [6.45, 7) is 6.34. The quantitative estimate of drug-likeness (QED) is 0.0261. The molecule has 0 aliphatic heterocycles. The Morgan fingerprint density at radius 1 is 0.276 bits per heavy atom. The molecule has 0 aromatic heterocycles. The van der Waals surface area contributed by atoms with Crippen molar-refractivity contribution in [2.24, 2.45) is 0 Å². The highest BCUT2D eigenvalue weighted by molar-refractivity contribution is 5.71. The van der Waals surface area contributed by atoms with E-state index in [0.717, 1.165) is 135 Å². The van der Waals surface area contributed by atoms with E-state index in [2.05, 4.69) is 142 Å². The zero-order chi connectivity index (χ0) is 55.0. The van der Waals surface area contributed by atoms with Gasteiger partial charge in [-0.2, -0.15) is 0 Å². The minimum Gasteiger partial charge on any atom is -0.462 e. The van der Waals surface area contributed by atoms with Gasteiger partial charge in [0.2, 0.25) is 0 Å². The molecule has 0 bridgehead atoms. The van der Waals surface area contributed by atoms with E-state index < -0.39 is 6.10 Å². The van der Waals surface area contributed by atoms with Crippen LogP contribution in [-0.2, 0) is 28.6 Å². The molecular formula is C70H116O6. The van der Waals surface area contributed by atoms with Gasteiger partial charge in [-0.05, 0) is 109 Å². The molecule has 0 aliphatic rings. The first-order valence-electron chi connectivity index (χ1n) is 31.5. The van der Waals surface area contributed by atoms with Gasteiger partial charge in [0.1, 0.15) is 13.2 Å². The van der Waals surface area contributed by atoms with Crippen molar-refractivity contribution < 1.29 is 28.6 Å². The lowest BCUT2D eigenvalue weighted by Gasteiger charge is -2.18. The first-order chi connectivity index (χ1) is 37.5. The third kappa shape index (κ3) is 60.7. The molecule has 0 amide bonds. The van der Waals surface area contributed by atoms with Gasteiger partial charge in [-0.1, -0.05) is 277 Å². The Bertz CT molecular complexity index is 1590. The summed E-state index contributed by atoms with van der Waals surface area (Å²) in [7, 11) is 0. The Kier molecular flexibility index (Phi) is 59.9. The van der Waals surface area contributed by atoms with Crippen LogP contribution in [0.1, 0.15) is 284 Å². The van der Waals surface area contributed by atoms with Crippen LogP contribution in [0, 0.1) is 0 Å². The monoisotopic (exact) mass is 1050 g/mol. The Hall–Kier alpha value is -4.19. The number of unbranched alkanes of at least 4 members (excludes halogenated alkanes) is 25. The summed E-state index contributed by atoms with van der Waals surface area (Å²) in [4.78, 5) is 38.0. The van der Waals surface area contributed by atoms with Gasteiger partial charge in [0.05, 0.1) is 0 Å². The average Bonchev–Trinajstić information content (AvgIpc) is 3.42. The predicted octanol–water partition coefficient (Wildman–Crippen LogP) is 21.6. The summed E-state index contributed by atoms with van der Waals surface area (Å²) in [5, 5.41) is 0. The summed E-state index contributed by atoms with van der Waals surface area (Å²) in [5.74, 6) is -0.920. The highest BCUT2D eigenvalue weighted by Crippen LogP contribution is 2.16. The normalized spacial score (nSPS) is 12.9. The Morgan fingerprint density at radius 3 is 0.803 bits per heavy atom. The van der Waals surface area contributed by atoms with Crippen LogP contribution in [0.3, 0.4) is 0 Å². The van der Waals surface area contributed by atoms with Crippen LogP contribution in [0.2, 0.25) is 0 Å². The van der Waals surface area contributed by atoms with E-state index in [1.807, 2.05) is 0 Å². The van der Waals surface area contributed by atoms with Gasteiger partial charge < -0.3 is 14.2 Å². The molecule has 0 aromatic carbocycles. The molecule has 432 valence electrons. The van der Waals surface area contributed by atoms with E-state index in [4.69, 9.17) is 14.2 Å². The molecule has 6 heteroatoms. The van der Waals surface area contributed by atoms with Crippen LogP contribution in [0.4, 0.5) is 0 Å². The maximum absolute atomic E-state index is 12.8. The standard InChI is InChI=1S/C70H116O6/c1-4-7-10-13-16-18-20-22-24-26-28-30-32-33-34-35-36-37-39-40-42-44-46-48-50-52-54-57-60-63-69(72)75-66-67(65-74-68(71)62-59-56-15-12-9-6-3)76-70(73)64-61-58-55-53-51-49-47-45-43-41-38-31-29-27-25-23-21-19-17-14-11-8-5-2/h7-8,10-11,16-19,22-25,28-31,41,43,47,49,67H,4-6,9,12-15,20-21,26-27,32-40,42,44-46,48,50-66H2,1-3H3/b10-7-,11-8-,18-16-,19-17-,24-22-,25-23-,30-28-,31-29-,43-41-,49-47-. The van der Waals surface area contributed by atoms with E-state index in [1.165, 1.54) is 109 Å². The van der Waals surface area contributed by atoms with Crippen LogP contribution in [-0.4, -0.2) is 37.2 Å². The van der Waals surface area contributed by atoms with E-state index >= 15 is 0 Å². The Labute approximate surface area is 469 Å². The highest BCUT2D eigenvalue weighted by atomic mass is 16.6. The SMILES string of the molecule is CC/C=C\C/C=C\C/C=C\C/C=C\C/C=C\C/C=C\CCCCCCC(=O)OC(COC(=O)CCCCCCCC)COC(=O)CCCCCCCCCCCCCCCCCC/C=C\C/C=C\C/C=C\C/C=C\CC. The molecule has 0 aromatic rings. The van der Waals surface area contributed by atoms with Crippen LogP contribution < -0.4 is 0 Å². The molecule has 6 nitrogen and oxygen atoms in total. The van der Waals surface area contributed by atoms with Crippen LogP contribution in [0.25, 0.3) is 0 Å². The number of carbonyl (C=O) groups is 3. The van der Waals surface area contributed by atoms with Crippen molar-refractivity contribution in [3.63, 3.8) is 0 Å². The van der Waals surface area contributed by atoms with Gasteiger partial charge in [0.15, 0.2) is 6.10 Å². The first-order valence-corrected chi connectivity index (χ1v) is 31.5. The molecule has 0 spiro atoms. The molecule has 0 aliphatic carbocycles. The molecular weight excluding hydrogens is 937 g/mol. The molecule has 0 saturated carbocycles. The van der Waals surface area contributed by atoms with Crippen molar-refractivity contribution >= 4 is 17.9 Å². The zero-order valence-corrected chi connectivity index (χ0v) is 49.5. The topological polar surface area (TPSA) is 78.9 Å². The molecule has 0 rings (SSSR count). The minimum absolute atomic E-state index is 0.0887. The van der Waals surface area contributed by atoms with Crippen LogP contribution >= 0.6 is 0 Å². The number of hydrogen-bond acceptors (Lipinski definition) is 6. The average molecular weight is 1050 g/mol. The second kappa shape index (κ2) is 63.3. The molecule has 0 radical (unpaired) electrons.